The summed E-state index contributed by atoms with van der Waals surface area (Å²) in [6.45, 7) is 3.94. The van der Waals surface area contributed by atoms with E-state index in [0.717, 1.165) is 24.1 Å². The summed E-state index contributed by atoms with van der Waals surface area (Å²) < 4.78 is 14.0. The number of aryl methyl sites for hydroxylation is 1. The molecule has 3 heterocycles. The third kappa shape index (κ3) is 4.31. The predicted octanol–water partition coefficient (Wildman–Crippen LogP) is 5.75. The van der Waals surface area contributed by atoms with Gasteiger partial charge in [-0.15, -0.1) is 15.0 Å². The molecule has 0 saturated carbocycles. The van der Waals surface area contributed by atoms with Crippen molar-refractivity contribution in [1.82, 2.24) is 30.2 Å². The average molecular weight is 491 g/mol. The first-order valence-corrected chi connectivity index (χ1v) is 12.1. The topological polar surface area (TPSA) is 86.4 Å². The highest BCUT2D eigenvalue weighted by Gasteiger charge is 2.35. The number of pyridine rings is 2. The molecule has 182 valence electrons. The molecule has 5 aromatic rings. The van der Waals surface area contributed by atoms with Crippen LogP contribution in [0.2, 0.25) is 0 Å². The normalized spacial score (nSPS) is 14.4. The summed E-state index contributed by atoms with van der Waals surface area (Å²) in [5.41, 5.74) is 5.06. The van der Waals surface area contributed by atoms with Crippen LogP contribution in [0, 0.1) is 11.2 Å². The largest absolute Gasteiger partial charge is 0.294 e. The van der Waals surface area contributed by atoms with Crippen LogP contribution in [0.4, 0.5) is 4.39 Å². The average Bonchev–Trinajstić information content (AvgIpc) is 3.42. The van der Waals surface area contributed by atoms with Crippen LogP contribution in [-0.4, -0.2) is 36.0 Å². The fourth-order valence-electron chi connectivity index (χ4n) is 4.54. The van der Waals surface area contributed by atoms with Gasteiger partial charge in [-0.3, -0.25) is 4.79 Å². The number of fused-ring (bicyclic) bond motifs is 1. The van der Waals surface area contributed by atoms with Crippen molar-refractivity contribution in [3.63, 3.8) is 0 Å². The van der Waals surface area contributed by atoms with Crippen molar-refractivity contribution >= 4 is 5.78 Å². The molecule has 0 atom stereocenters. The second kappa shape index (κ2) is 8.81. The zero-order chi connectivity index (χ0) is 25.6. The Bertz CT molecular complexity index is 1640. The maximum atomic E-state index is 14.0. The number of nitrogens with zero attached hydrogens (tertiary/aromatic N) is 6. The monoisotopic (exact) mass is 490 g/mol. The van der Waals surface area contributed by atoms with Gasteiger partial charge in [-0.2, -0.15) is 0 Å². The van der Waals surface area contributed by atoms with Crippen molar-refractivity contribution in [3.8, 4) is 39.7 Å². The molecular formula is C29H23FN6O. The van der Waals surface area contributed by atoms with Crippen LogP contribution in [0.5, 0.6) is 0 Å². The van der Waals surface area contributed by atoms with E-state index >= 15 is 0 Å². The van der Waals surface area contributed by atoms with E-state index in [2.05, 4.69) is 15.4 Å². The van der Waals surface area contributed by atoms with Crippen molar-refractivity contribution in [2.24, 2.45) is 5.41 Å². The Balaban J connectivity index is 1.41. The van der Waals surface area contributed by atoms with Crippen molar-refractivity contribution in [3.05, 3.63) is 95.9 Å². The Morgan fingerprint density at radius 1 is 0.838 bits per heavy atom. The van der Waals surface area contributed by atoms with Gasteiger partial charge in [0.2, 0.25) is 5.82 Å². The van der Waals surface area contributed by atoms with Crippen LogP contribution in [0.3, 0.4) is 0 Å². The number of Topliss-reactive ketones (excluding diaryl/α,β-unsaturated/α-hetero) is 1. The lowest BCUT2D eigenvalue weighted by atomic mass is 9.75. The molecule has 0 N–H and O–H groups in total. The number of aromatic nitrogens is 6. The molecular weight excluding hydrogens is 467 g/mol. The molecule has 37 heavy (non-hydrogen) atoms. The van der Waals surface area contributed by atoms with E-state index < -0.39 is 0 Å². The van der Waals surface area contributed by atoms with E-state index in [4.69, 9.17) is 9.97 Å². The summed E-state index contributed by atoms with van der Waals surface area (Å²) in [5, 5.41) is 13.1. The second-order valence-electron chi connectivity index (χ2n) is 9.78. The molecule has 0 aliphatic heterocycles. The zero-order valence-electron chi connectivity index (χ0n) is 20.4. The van der Waals surface area contributed by atoms with Gasteiger partial charge in [0.05, 0.1) is 22.8 Å². The van der Waals surface area contributed by atoms with E-state index in [1.165, 1.54) is 16.9 Å². The SMILES string of the molecule is CC1(C)CCc2nc(-c3nnn(-c4cc(-c5ccccc5)nc(-c5cccc(F)c5)c4)n3)ccc2C1=O. The fraction of sp³-hybridized carbons (Fsp3) is 0.172. The molecule has 8 heteroatoms. The molecule has 0 saturated heterocycles. The smallest absolute Gasteiger partial charge is 0.223 e. The number of tetrazole rings is 1. The van der Waals surface area contributed by atoms with Gasteiger partial charge in [-0.1, -0.05) is 56.3 Å². The third-order valence-electron chi connectivity index (χ3n) is 6.69. The molecule has 7 nitrogen and oxygen atoms in total. The first kappa shape index (κ1) is 22.8. The number of halogens is 1. The van der Waals surface area contributed by atoms with E-state index in [0.29, 0.717) is 39.7 Å². The van der Waals surface area contributed by atoms with Crippen molar-refractivity contribution in [2.45, 2.75) is 26.7 Å². The number of carbonyl (C=O) groups excluding carboxylic acids is 1. The van der Waals surface area contributed by atoms with Crippen molar-refractivity contribution in [2.75, 3.05) is 0 Å². The molecule has 0 unspecified atom stereocenters. The number of benzene rings is 2. The van der Waals surface area contributed by atoms with Gasteiger partial charge in [0, 0.05) is 22.1 Å². The van der Waals surface area contributed by atoms with Crippen molar-refractivity contribution < 1.29 is 9.18 Å². The molecule has 1 aliphatic rings. The molecule has 0 amide bonds. The number of hydrogen-bond acceptors (Lipinski definition) is 6. The first-order valence-electron chi connectivity index (χ1n) is 12.1. The number of ketones is 1. The Morgan fingerprint density at radius 2 is 1.59 bits per heavy atom. The van der Waals surface area contributed by atoms with Gasteiger partial charge in [-0.25, -0.2) is 14.4 Å². The van der Waals surface area contributed by atoms with Gasteiger partial charge < -0.3 is 0 Å². The summed E-state index contributed by atoms with van der Waals surface area (Å²) in [5.74, 6) is 0.123. The maximum absolute atomic E-state index is 14.0. The molecule has 1 aliphatic carbocycles. The predicted molar refractivity (Wildman–Crippen MR) is 137 cm³/mol. The highest BCUT2D eigenvalue weighted by molar-refractivity contribution is 6.02. The van der Waals surface area contributed by atoms with Gasteiger partial charge >= 0.3 is 0 Å². The lowest BCUT2D eigenvalue weighted by Crippen LogP contribution is -2.31. The van der Waals surface area contributed by atoms with E-state index in [-0.39, 0.29) is 17.0 Å². The number of rotatable bonds is 4. The van der Waals surface area contributed by atoms with Gasteiger partial charge in [-0.05, 0) is 54.5 Å². The molecule has 0 spiro atoms. The molecule has 3 aromatic heterocycles. The minimum absolute atomic E-state index is 0.111. The zero-order valence-corrected chi connectivity index (χ0v) is 20.4. The summed E-state index contributed by atoms with van der Waals surface area (Å²) >= 11 is 0. The van der Waals surface area contributed by atoms with E-state index in [9.17, 15) is 9.18 Å². The summed E-state index contributed by atoms with van der Waals surface area (Å²) in [6, 6.07) is 23.3. The van der Waals surface area contributed by atoms with Crippen LogP contribution in [-0.2, 0) is 6.42 Å². The standard InChI is InChI=1S/C29H23FN6O/c1-29(2)14-13-23-22(27(29)37)11-12-24(31-23)28-33-35-36(34-28)21-16-25(18-7-4-3-5-8-18)32-26(17-21)19-9-6-10-20(30)15-19/h3-12,15-17H,13-14H2,1-2H3. The Hall–Kier alpha value is -4.59. The first-order chi connectivity index (χ1) is 17.9. The second-order valence-corrected chi connectivity index (χ2v) is 9.78. The molecule has 0 bridgehead atoms. The number of carbonyl (C=O) groups is 1. The lowest BCUT2D eigenvalue weighted by Gasteiger charge is -2.28. The van der Waals surface area contributed by atoms with Crippen LogP contribution in [0.15, 0.2) is 78.9 Å². The molecule has 0 fully saturated rings. The highest BCUT2D eigenvalue weighted by atomic mass is 19.1. The summed E-state index contributed by atoms with van der Waals surface area (Å²) in [7, 11) is 0. The summed E-state index contributed by atoms with van der Waals surface area (Å²) in [4.78, 5) is 23.7. The van der Waals surface area contributed by atoms with Crippen LogP contribution in [0.25, 0.3) is 39.7 Å². The fourth-order valence-corrected chi connectivity index (χ4v) is 4.54. The maximum Gasteiger partial charge on any atom is 0.223 e. The third-order valence-corrected chi connectivity index (χ3v) is 6.69. The lowest BCUT2D eigenvalue weighted by molar-refractivity contribution is 0.0809. The van der Waals surface area contributed by atoms with Gasteiger partial charge in [0.1, 0.15) is 11.5 Å². The van der Waals surface area contributed by atoms with E-state index in [1.54, 1.807) is 18.2 Å². The quantitative estimate of drug-likeness (QED) is 0.319. The van der Waals surface area contributed by atoms with Crippen LogP contribution >= 0.6 is 0 Å². The highest BCUT2D eigenvalue weighted by Crippen LogP contribution is 2.34. The Morgan fingerprint density at radius 3 is 2.38 bits per heavy atom. The molecule has 0 radical (unpaired) electrons. The molecule has 2 aromatic carbocycles. The van der Waals surface area contributed by atoms with Gasteiger partial charge in [0.15, 0.2) is 5.78 Å². The van der Waals surface area contributed by atoms with Crippen LogP contribution < -0.4 is 0 Å². The number of hydrogen-bond donors (Lipinski definition) is 0. The minimum Gasteiger partial charge on any atom is -0.294 e. The Labute approximate surface area is 213 Å². The van der Waals surface area contributed by atoms with E-state index in [1.807, 2.05) is 62.4 Å². The molecule has 6 rings (SSSR count). The van der Waals surface area contributed by atoms with Crippen molar-refractivity contribution in [1.29, 1.82) is 0 Å². The Kier molecular flexibility index (Phi) is 5.44. The van der Waals surface area contributed by atoms with Gasteiger partial charge in [0.25, 0.3) is 0 Å². The minimum atomic E-state index is -0.380. The van der Waals surface area contributed by atoms with Crippen LogP contribution in [0.1, 0.15) is 36.3 Å². The summed E-state index contributed by atoms with van der Waals surface area (Å²) in [6.07, 6.45) is 1.47.